The van der Waals surface area contributed by atoms with Crippen LogP contribution in [-0.2, 0) is 12.8 Å². The first-order valence-electron chi connectivity index (χ1n) is 7.58. The lowest BCUT2D eigenvalue weighted by Gasteiger charge is -2.20. The molecule has 0 saturated heterocycles. The second-order valence-corrected chi connectivity index (χ2v) is 5.09. The molecule has 0 aliphatic rings. The summed E-state index contributed by atoms with van der Waals surface area (Å²) in [6.45, 7) is 5.21. The van der Waals surface area contributed by atoms with Crippen LogP contribution in [0.1, 0.15) is 36.6 Å². The van der Waals surface area contributed by atoms with Crippen molar-refractivity contribution in [3.8, 4) is 5.88 Å². The summed E-state index contributed by atoms with van der Waals surface area (Å²) < 4.78 is 5.40. The molecule has 3 nitrogen and oxygen atoms in total. The van der Waals surface area contributed by atoms with Gasteiger partial charge in [0.15, 0.2) is 0 Å². The average molecular weight is 284 g/mol. The fourth-order valence-corrected chi connectivity index (χ4v) is 2.52. The Hall–Kier alpha value is -1.87. The van der Waals surface area contributed by atoms with Crippen LogP contribution in [-0.4, -0.2) is 18.6 Å². The van der Waals surface area contributed by atoms with E-state index in [2.05, 4.69) is 54.5 Å². The Labute approximate surface area is 127 Å². The van der Waals surface area contributed by atoms with Crippen LogP contribution in [0.5, 0.6) is 5.88 Å². The Morgan fingerprint density at radius 2 is 1.81 bits per heavy atom. The van der Waals surface area contributed by atoms with Crippen LogP contribution in [0.2, 0.25) is 0 Å². The minimum atomic E-state index is 0.214. The van der Waals surface area contributed by atoms with Gasteiger partial charge in [0.1, 0.15) is 0 Å². The van der Waals surface area contributed by atoms with Gasteiger partial charge >= 0.3 is 0 Å². The van der Waals surface area contributed by atoms with Gasteiger partial charge in [-0.05, 0) is 36.6 Å². The van der Waals surface area contributed by atoms with Crippen molar-refractivity contribution in [3.63, 3.8) is 0 Å². The zero-order chi connectivity index (χ0) is 15.1. The molecule has 1 heterocycles. The third-order valence-corrected chi connectivity index (χ3v) is 3.69. The summed E-state index contributed by atoms with van der Waals surface area (Å²) in [6.07, 6.45) is 3.77. The maximum atomic E-state index is 5.40. The molecule has 1 aromatic heterocycles. The molecule has 21 heavy (non-hydrogen) atoms. The van der Waals surface area contributed by atoms with E-state index >= 15 is 0 Å². The van der Waals surface area contributed by atoms with Crippen molar-refractivity contribution in [1.82, 2.24) is 10.3 Å². The van der Waals surface area contributed by atoms with Crippen molar-refractivity contribution in [1.29, 1.82) is 0 Å². The van der Waals surface area contributed by atoms with E-state index in [-0.39, 0.29) is 6.04 Å². The van der Waals surface area contributed by atoms with E-state index in [1.54, 1.807) is 13.3 Å². The van der Waals surface area contributed by atoms with Gasteiger partial charge < -0.3 is 10.1 Å². The van der Waals surface area contributed by atoms with E-state index in [0.717, 1.165) is 24.9 Å². The van der Waals surface area contributed by atoms with Crippen LogP contribution < -0.4 is 10.1 Å². The SMILES string of the molecule is CCNC(Cc1ccc(CC)cc1)c1cccnc1OC. The Bertz CT molecular complexity index is 551. The van der Waals surface area contributed by atoms with Gasteiger partial charge in [0, 0.05) is 17.8 Å². The molecule has 2 aromatic rings. The van der Waals surface area contributed by atoms with Gasteiger partial charge in [0.05, 0.1) is 7.11 Å². The van der Waals surface area contributed by atoms with Gasteiger partial charge in [-0.15, -0.1) is 0 Å². The normalized spacial score (nSPS) is 12.1. The van der Waals surface area contributed by atoms with Crippen LogP contribution in [0.3, 0.4) is 0 Å². The molecule has 0 spiro atoms. The van der Waals surface area contributed by atoms with Crippen molar-refractivity contribution in [2.24, 2.45) is 0 Å². The zero-order valence-electron chi connectivity index (χ0n) is 13.1. The van der Waals surface area contributed by atoms with E-state index in [9.17, 15) is 0 Å². The summed E-state index contributed by atoms with van der Waals surface area (Å²) in [5.74, 6) is 0.702. The molecule has 1 atom stereocenters. The number of rotatable bonds is 7. The molecule has 1 N–H and O–H groups in total. The average Bonchev–Trinajstić information content (AvgIpc) is 2.55. The second kappa shape index (κ2) is 7.79. The summed E-state index contributed by atoms with van der Waals surface area (Å²) in [5, 5.41) is 3.53. The molecule has 0 bridgehead atoms. The van der Waals surface area contributed by atoms with Gasteiger partial charge in [0.25, 0.3) is 0 Å². The number of hydrogen-bond donors (Lipinski definition) is 1. The Kier molecular flexibility index (Phi) is 5.76. The lowest BCUT2D eigenvalue weighted by Crippen LogP contribution is -2.23. The van der Waals surface area contributed by atoms with Crippen LogP contribution in [0.4, 0.5) is 0 Å². The molecule has 3 heteroatoms. The monoisotopic (exact) mass is 284 g/mol. The summed E-state index contributed by atoms with van der Waals surface area (Å²) >= 11 is 0. The van der Waals surface area contributed by atoms with Gasteiger partial charge in [-0.2, -0.15) is 0 Å². The number of likely N-dealkylation sites (N-methyl/N-ethyl adjacent to an activating group) is 1. The van der Waals surface area contributed by atoms with Gasteiger partial charge in [-0.1, -0.05) is 44.2 Å². The highest BCUT2D eigenvalue weighted by Crippen LogP contribution is 2.25. The molecule has 0 aliphatic carbocycles. The van der Waals surface area contributed by atoms with Gasteiger partial charge in [0.2, 0.25) is 5.88 Å². The van der Waals surface area contributed by atoms with Crippen LogP contribution in [0, 0.1) is 0 Å². The smallest absolute Gasteiger partial charge is 0.217 e. The lowest BCUT2D eigenvalue weighted by atomic mass is 9.98. The van der Waals surface area contributed by atoms with Gasteiger partial charge in [-0.25, -0.2) is 4.98 Å². The predicted molar refractivity (Wildman–Crippen MR) is 86.7 cm³/mol. The molecule has 0 saturated carbocycles. The molecule has 0 amide bonds. The minimum absolute atomic E-state index is 0.214. The maximum Gasteiger partial charge on any atom is 0.217 e. The van der Waals surface area contributed by atoms with Crippen LogP contribution in [0.25, 0.3) is 0 Å². The fraction of sp³-hybridized carbons (Fsp3) is 0.389. The fourth-order valence-electron chi connectivity index (χ4n) is 2.52. The zero-order valence-corrected chi connectivity index (χ0v) is 13.1. The maximum absolute atomic E-state index is 5.40. The third-order valence-electron chi connectivity index (χ3n) is 3.69. The molecular weight excluding hydrogens is 260 g/mol. The van der Waals surface area contributed by atoms with Crippen LogP contribution in [0.15, 0.2) is 42.6 Å². The number of aryl methyl sites for hydroxylation is 1. The number of ether oxygens (including phenoxy) is 1. The number of nitrogens with zero attached hydrogens (tertiary/aromatic N) is 1. The van der Waals surface area contributed by atoms with Crippen molar-refractivity contribution < 1.29 is 4.74 Å². The highest BCUT2D eigenvalue weighted by atomic mass is 16.5. The molecular formula is C18H24N2O. The molecule has 2 rings (SSSR count). The first-order valence-corrected chi connectivity index (χ1v) is 7.58. The number of pyridine rings is 1. The van der Waals surface area contributed by atoms with E-state index < -0.39 is 0 Å². The largest absolute Gasteiger partial charge is 0.481 e. The Balaban J connectivity index is 2.21. The third kappa shape index (κ3) is 4.05. The van der Waals surface area contributed by atoms with E-state index in [1.165, 1.54) is 11.1 Å². The number of nitrogens with one attached hydrogen (secondary N) is 1. The first-order chi connectivity index (χ1) is 10.3. The van der Waals surface area contributed by atoms with Gasteiger partial charge in [-0.3, -0.25) is 0 Å². The number of benzene rings is 1. The highest BCUT2D eigenvalue weighted by Gasteiger charge is 2.16. The Morgan fingerprint density at radius 1 is 1.10 bits per heavy atom. The molecule has 112 valence electrons. The summed E-state index contributed by atoms with van der Waals surface area (Å²) in [5.41, 5.74) is 3.81. The summed E-state index contributed by atoms with van der Waals surface area (Å²) in [7, 11) is 1.67. The van der Waals surface area contributed by atoms with E-state index in [0.29, 0.717) is 5.88 Å². The van der Waals surface area contributed by atoms with Crippen molar-refractivity contribution in [2.45, 2.75) is 32.7 Å². The lowest BCUT2D eigenvalue weighted by molar-refractivity contribution is 0.382. The quantitative estimate of drug-likeness (QED) is 0.844. The van der Waals surface area contributed by atoms with Crippen molar-refractivity contribution in [2.75, 3.05) is 13.7 Å². The molecule has 0 radical (unpaired) electrons. The minimum Gasteiger partial charge on any atom is -0.481 e. The standard InChI is InChI=1S/C18H24N2O/c1-4-14-8-10-15(11-9-14)13-17(19-5-2)16-7-6-12-20-18(16)21-3/h6-12,17,19H,4-5,13H2,1-3H3. The first kappa shape index (κ1) is 15.5. The molecule has 1 aromatic carbocycles. The highest BCUT2D eigenvalue weighted by molar-refractivity contribution is 5.32. The van der Waals surface area contributed by atoms with Crippen molar-refractivity contribution in [3.05, 3.63) is 59.3 Å². The topological polar surface area (TPSA) is 34.2 Å². The molecule has 0 fully saturated rings. The second-order valence-electron chi connectivity index (χ2n) is 5.09. The van der Waals surface area contributed by atoms with E-state index in [4.69, 9.17) is 4.74 Å². The van der Waals surface area contributed by atoms with E-state index in [1.807, 2.05) is 6.07 Å². The molecule has 1 unspecified atom stereocenters. The summed E-state index contributed by atoms with van der Waals surface area (Å²) in [4.78, 5) is 4.31. The van der Waals surface area contributed by atoms with Crippen molar-refractivity contribution >= 4 is 0 Å². The number of aromatic nitrogens is 1. The van der Waals surface area contributed by atoms with Crippen LogP contribution >= 0.6 is 0 Å². The number of methoxy groups -OCH3 is 1. The predicted octanol–water partition coefficient (Wildman–Crippen LogP) is 3.55. The number of hydrogen-bond acceptors (Lipinski definition) is 3. The molecule has 0 aliphatic heterocycles. The Morgan fingerprint density at radius 3 is 2.43 bits per heavy atom. The summed E-state index contributed by atoms with van der Waals surface area (Å²) in [6, 6.07) is 13.1.